The summed E-state index contributed by atoms with van der Waals surface area (Å²) in [6.45, 7) is 6.92. The van der Waals surface area contributed by atoms with Crippen molar-refractivity contribution in [1.29, 1.82) is 0 Å². The van der Waals surface area contributed by atoms with Crippen LogP contribution in [0.4, 0.5) is 4.79 Å². The number of carboxylic acids is 1. The number of amides is 2. The minimum absolute atomic E-state index is 0.116. The molecule has 122 valence electrons. The van der Waals surface area contributed by atoms with Gasteiger partial charge in [0.2, 0.25) is 0 Å². The predicted octanol–water partition coefficient (Wildman–Crippen LogP) is 3.00. The van der Waals surface area contributed by atoms with E-state index >= 15 is 0 Å². The molecule has 0 saturated heterocycles. The molecular weight excluding hydrogens is 268 g/mol. The van der Waals surface area contributed by atoms with Gasteiger partial charge in [-0.3, -0.25) is 4.79 Å². The maximum Gasteiger partial charge on any atom is 0.315 e. The maximum atomic E-state index is 12.0. The molecule has 0 aromatic carbocycles. The number of nitrogens with one attached hydrogen (secondary N) is 2. The van der Waals surface area contributed by atoms with E-state index in [1.807, 2.05) is 6.92 Å². The van der Waals surface area contributed by atoms with Crippen LogP contribution in [0.3, 0.4) is 0 Å². The van der Waals surface area contributed by atoms with E-state index in [4.69, 9.17) is 5.11 Å². The number of carbonyl (C=O) groups excluding carboxylic acids is 1. The van der Waals surface area contributed by atoms with Gasteiger partial charge < -0.3 is 15.7 Å². The second-order valence-electron chi connectivity index (χ2n) is 6.69. The summed E-state index contributed by atoms with van der Waals surface area (Å²) >= 11 is 0. The van der Waals surface area contributed by atoms with E-state index in [0.717, 1.165) is 6.42 Å². The van der Waals surface area contributed by atoms with Crippen LogP contribution in [0.5, 0.6) is 0 Å². The number of carbonyl (C=O) groups is 2. The second-order valence-corrected chi connectivity index (χ2v) is 6.69. The average Bonchev–Trinajstić information content (AvgIpc) is 2.43. The molecule has 0 bridgehead atoms. The van der Waals surface area contributed by atoms with Crippen molar-refractivity contribution in [1.82, 2.24) is 10.6 Å². The van der Waals surface area contributed by atoms with Gasteiger partial charge in [-0.1, -0.05) is 33.6 Å². The van der Waals surface area contributed by atoms with Crippen LogP contribution >= 0.6 is 0 Å². The van der Waals surface area contributed by atoms with Gasteiger partial charge in [-0.05, 0) is 37.0 Å². The zero-order chi connectivity index (χ0) is 15.8. The first-order valence-corrected chi connectivity index (χ1v) is 8.16. The monoisotopic (exact) mass is 298 g/mol. The first kappa shape index (κ1) is 17.8. The van der Waals surface area contributed by atoms with E-state index in [1.54, 1.807) is 0 Å². The van der Waals surface area contributed by atoms with Crippen LogP contribution in [0.2, 0.25) is 0 Å². The van der Waals surface area contributed by atoms with Crippen molar-refractivity contribution in [3.63, 3.8) is 0 Å². The third-order valence-electron chi connectivity index (χ3n) is 4.45. The normalized spacial score (nSPS) is 23.6. The standard InChI is InChI=1S/C16H30N2O3/c1-11(2)13-6-4-5-7-14(13)18-16(21)17-10-12(3)8-9-15(19)20/h11-14H,4-10H2,1-3H3,(H,19,20)(H2,17,18,21). The molecule has 5 heteroatoms. The highest BCUT2D eigenvalue weighted by Crippen LogP contribution is 2.30. The van der Waals surface area contributed by atoms with Crippen molar-refractivity contribution in [3.8, 4) is 0 Å². The smallest absolute Gasteiger partial charge is 0.315 e. The molecule has 1 rings (SSSR count). The molecule has 3 N–H and O–H groups in total. The first-order valence-electron chi connectivity index (χ1n) is 8.16. The van der Waals surface area contributed by atoms with Crippen LogP contribution in [0, 0.1) is 17.8 Å². The Bertz CT molecular complexity index is 344. The lowest BCUT2D eigenvalue weighted by Crippen LogP contribution is -2.48. The van der Waals surface area contributed by atoms with Crippen LogP contribution < -0.4 is 10.6 Å². The summed E-state index contributed by atoms with van der Waals surface area (Å²) in [5, 5.41) is 14.6. The fourth-order valence-electron chi connectivity index (χ4n) is 3.09. The summed E-state index contributed by atoms with van der Waals surface area (Å²) in [4.78, 5) is 22.5. The SMILES string of the molecule is CC(CCC(=O)O)CNC(=O)NC1CCCCC1C(C)C. The fraction of sp³-hybridized carbons (Fsp3) is 0.875. The molecule has 0 spiro atoms. The van der Waals surface area contributed by atoms with Crippen molar-refractivity contribution >= 4 is 12.0 Å². The van der Waals surface area contributed by atoms with Crippen molar-refractivity contribution in [2.24, 2.45) is 17.8 Å². The van der Waals surface area contributed by atoms with Crippen molar-refractivity contribution in [3.05, 3.63) is 0 Å². The molecule has 1 saturated carbocycles. The first-order chi connectivity index (χ1) is 9.90. The molecule has 0 aromatic rings. The molecule has 5 nitrogen and oxygen atoms in total. The average molecular weight is 298 g/mol. The predicted molar refractivity (Wildman–Crippen MR) is 83.2 cm³/mol. The molecule has 1 fully saturated rings. The van der Waals surface area contributed by atoms with E-state index in [2.05, 4.69) is 24.5 Å². The summed E-state index contributed by atoms with van der Waals surface area (Å²) in [7, 11) is 0. The summed E-state index contributed by atoms with van der Waals surface area (Å²) in [5.41, 5.74) is 0. The number of hydrogen-bond acceptors (Lipinski definition) is 2. The van der Waals surface area contributed by atoms with Gasteiger partial charge >= 0.3 is 12.0 Å². The lowest BCUT2D eigenvalue weighted by atomic mass is 9.78. The van der Waals surface area contributed by atoms with Crippen molar-refractivity contribution < 1.29 is 14.7 Å². The molecule has 3 unspecified atom stereocenters. The van der Waals surface area contributed by atoms with E-state index in [-0.39, 0.29) is 24.4 Å². The van der Waals surface area contributed by atoms with Gasteiger partial charge in [0.25, 0.3) is 0 Å². The van der Waals surface area contributed by atoms with Crippen LogP contribution in [0.25, 0.3) is 0 Å². The molecule has 21 heavy (non-hydrogen) atoms. The van der Waals surface area contributed by atoms with E-state index < -0.39 is 5.97 Å². The Morgan fingerprint density at radius 3 is 2.48 bits per heavy atom. The zero-order valence-corrected chi connectivity index (χ0v) is 13.5. The molecule has 0 radical (unpaired) electrons. The zero-order valence-electron chi connectivity index (χ0n) is 13.5. The van der Waals surface area contributed by atoms with E-state index in [1.165, 1.54) is 19.3 Å². The van der Waals surface area contributed by atoms with E-state index in [0.29, 0.717) is 24.8 Å². The van der Waals surface area contributed by atoms with Gasteiger partial charge in [0.15, 0.2) is 0 Å². The maximum absolute atomic E-state index is 12.0. The highest BCUT2D eigenvalue weighted by Gasteiger charge is 2.28. The molecule has 0 aromatic heterocycles. The lowest BCUT2D eigenvalue weighted by Gasteiger charge is -2.34. The Morgan fingerprint density at radius 2 is 1.86 bits per heavy atom. The van der Waals surface area contributed by atoms with Crippen LogP contribution in [-0.4, -0.2) is 29.7 Å². The second kappa shape index (κ2) is 8.90. The van der Waals surface area contributed by atoms with Gasteiger partial charge in [-0.2, -0.15) is 0 Å². The van der Waals surface area contributed by atoms with Crippen molar-refractivity contribution in [2.45, 2.75) is 65.3 Å². The van der Waals surface area contributed by atoms with Crippen LogP contribution in [-0.2, 0) is 4.79 Å². The van der Waals surface area contributed by atoms with Crippen LogP contribution in [0.1, 0.15) is 59.3 Å². The summed E-state index contributed by atoms with van der Waals surface area (Å²) in [5.74, 6) is 0.548. The van der Waals surface area contributed by atoms with Crippen LogP contribution in [0.15, 0.2) is 0 Å². The largest absolute Gasteiger partial charge is 0.481 e. The highest BCUT2D eigenvalue weighted by atomic mass is 16.4. The third-order valence-corrected chi connectivity index (χ3v) is 4.45. The number of rotatable bonds is 7. The molecule has 0 heterocycles. The topological polar surface area (TPSA) is 78.4 Å². The van der Waals surface area contributed by atoms with Gasteiger partial charge in [0.05, 0.1) is 0 Å². The Morgan fingerprint density at radius 1 is 1.19 bits per heavy atom. The summed E-state index contributed by atoms with van der Waals surface area (Å²) < 4.78 is 0. The van der Waals surface area contributed by atoms with E-state index in [9.17, 15) is 9.59 Å². The lowest BCUT2D eigenvalue weighted by molar-refractivity contribution is -0.137. The highest BCUT2D eigenvalue weighted by molar-refractivity contribution is 5.74. The summed E-state index contributed by atoms with van der Waals surface area (Å²) in [6.07, 6.45) is 5.44. The van der Waals surface area contributed by atoms with Gasteiger partial charge in [0, 0.05) is 19.0 Å². The summed E-state index contributed by atoms with van der Waals surface area (Å²) in [6, 6.07) is 0.155. The molecule has 1 aliphatic rings. The Labute approximate surface area is 127 Å². The quantitative estimate of drug-likeness (QED) is 0.676. The Hall–Kier alpha value is -1.26. The number of urea groups is 1. The van der Waals surface area contributed by atoms with Gasteiger partial charge in [-0.25, -0.2) is 4.79 Å². The minimum Gasteiger partial charge on any atom is -0.481 e. The third kappa shape index (κ3) is 6.82. The Balaban J connectivity index is 2.30. The fourth-order valence-corrected chi connectivity index (χ4v) is 3.09. The number of hydrogen-bond donors (Lipinski definition) is 3. The molecule has 3 atom stereocenters. The molecule has 0 aliphatic heterocycles. The molecular formula is C16H30N2O3. The van der Waals surface area contributed by atoms with Gasteiger partial charge in [-0.15, -0.1) is 0 Å². The minimum atomic E-state index is -0.784. The van der Waals surface area contributed by atoms with Gasteiger partial charge in [0.1, 0.15) is 0 Å². The number of aliphatic carboxylic acids is 1. The van der Waals surface area contributed by atoms with Crippen molar-refractivity contribution in [2.75, 3.05) is 6.54 Å². The number of carboxylic acid groups (broad SMARTS) is 1. The Kier molecular flexibility index (Phi) is 7.54. The molecule has 1 aliphatic carbocycles. The molecule has 2 amide bonds.